The summed E-state index contributed by atoms with van der Waals surface area (Å²) < 4.78 is 22.7. The van der Waals surface area contributed by atoms with Crippen molar-refractivity contribution in [2.45, 2.75) is 25.8 Å². The van der Waals surface area contributed by atoms with Crippen LogP contribution in [0.3, 0.4) is 0 Å². The Bertz CT molecular complexity index is 584. The van der Waals surface area contributed by atoms with Crippen molar-refractivity contribution >= 4 is 21.6 Å². The summed E-state index contributed by atoms with van der Waals surface area (Å²) in [7, 11) is -2.92. The minimum absolute atomic E-state index is 0.0454. The molecular weight excluding hydrogens is 268 g/mol. The Kier molecular flexibility index (Phi) is 3.75. The van der Waals surface area contributed by atoms with Gasteiger partial charge < -0.3 is 10.4 Å². The lowest BCUT2D eigenvalue weighted by Gasteiger charge is -2.24. The number of carboxylic acid groups (broad SMARTS) is 1. The average Bonchev–Trinajstić information content (AvgIpc) is 2.31. The van der Waals surface area contributed by atoms with Gasteiger partial charge in [-0.25, -0.2) is 18.2 Å². The van der Waals surface area contributed by atoms with Crippen LogP contribution in [-0.2, 0) is 9.84 Å². The van der Waals surface area contributed by atoms with Gasteiger partial charge in [0.05, 0.1) is 11.5 Å². The van der Waals surface area contributed by atoms with Crippen molar-refractivity contribution < 1.29 is 18.3 Å². The van der Waals surface area contributed by atoms with Crippen LogP contribution in [0.25, 0.3) is 0 Å². The smallest absolute Gasteiger partial charge is 0.339 e. The Morgan fingerprint density at radius 3 is 2.58 bits per heavy atom. The second-order valence-electron chi connectivity index (χ2n) is 4.72. The first kappa shape index (κ1) is 13.8. The molecule has 1 fully saturated rings. The van der Waals surface area contributed by atoms with E-state index in [9.17, 15) is 13.2 Å². The number of carboxylic acids is 1. The minimum Gasteiger partial charge on any atom is -0.478 e. The number of hydrogen-bond acceptors (Lipinski definition) is 5. The average molecular weight is 284 g/mol. The van der Waals surface area contributed by atoms with Crippen LogP contribution in [0.4, 0.5) is 5.82 Å². The molecule has 1 aromatic heterocycles. The molecule has 1 aliphatic rings. The van der Waals surface area contributed by atoms with Crippen molar-refractivity contribution in [1.29, 1.82) is 0 Å². The van der Waals surface area contributed by atoms with Gasteiger partial charge in [-0.3, -0.25) is 0 Å². The van der Waals surface area contributed by atoms with Crippen molar-refractivity contribution in [2.75, 3.05) is 16.8 Å². The van der Waals surface area contributed by atoms with Gasteiger partial charge in [-0.05, 0) is 31.9 Å². The molecule has 2 rings (SSSR count). The highest BCUT2D eigenvalue weighted by molar-refractivity contribution is 7.91. The highest BCUT2D eigenvalue weighted by atomic mass is 32.2. The fourth-order valence-corrected chi connectivity index (χ4v) is 3.56. The molecule has 2 N–H and O–H groups in total. The number of sulfone groups is 1. The third kappa shape index (κ3) is 3.44. The first-order valence-corrected chi connectivity index (χ1v) is 7.87. The van der Waals surface area contributed by atoms with Crippen LogP contribution in [0.2, 0.25) is 0 Å². The number of aryl methyl sites for hydroxylation is 1. The molecule has 7 heteroatoms. The van der Waals surface area contributed by atoms with E-state index >= 15 is 0 Å². The van der Waals surface area contributed by atoms with Crippen LogP contribution < -0.4 is 5.32 Å². The highest BCUT2D eigenvalue weighted by Gasteiger charge is 2.25. The monoisotopic (exact) mass is 284 g/mol. The maximum absolute atomic E-state index is 11.3. The van der Waals surface area contributed by atoms with Gasteiger partial charge in [-0.2, -0.15) is 0 Å². The second-order valence-corrected chi connectivity index (χ2v) is 7.03. The number of carbonyl (C=O) groups is 1. The van der Waals surface area contributed by atoms with Crippen LogP contribution in [-0.4, -0.2) is 42.0 Å². The number of nitrogens with one attached hydrogen (secondary N) is 1. The Balaban J connectivity index is 2.15. The SMILES string of the molecule is Cc1ccc(C(=O)O)c(NC2CCS(=O)(=O)CC2)n1. The van der Waals surface area contributed by atoms with Crippen molar-refractivity contribution in [3.8, 4) is 0 Å². The predicted molar refractivity (Wildman–Crippen MR) is 71.2 cm³/mol. The van der Waals surface area contributed by atoms with Crippen molar-refractivity contribution in [3.63, 3.8) is 0 Å². The van der Waals surface area contributed by atoms with Crippen LogP contribution in [0.15, 0.2) is 12.1 Å². The maximum Gasteiger partial charge on any atom is 0.339 e. The van der Waals surface area contributed by atoms with E-state index in [1.54, 1.807) is 13.0 Å². The first-order valence-electron chi connectivity index (χ1n) is 6.05. The predicted octanol–water partition coefficient (Wildman–Crippen LogP) is 1.08. The quantitative estimate of drug-likeness (QED) is 0.862. The molecule has 0 spiro atoms. The standard InChI is InChI=1S/C12H16N2O4S/c1-8-2-3-10(12(15)16)11(13-8)14-9-4-6-19(17,18)7-5-9/h2-3,9H,4-7H2,1H3,(H,13,14)(H,15,16). The zero-order chi connectivity index (χ0) is 14.0. The molecule has 0 saturated carbocycles. The highest BCUT2D eigenvalue weighted by Crippen LogP contribution is 2.20. The van der Waals surface area contributed by atoms with Gasteiger partial charge in [0.15, 0.2) is 0 Å². The van der Waals surface area contributed by atoms with E-state index in [0.29, 0.717) is 18.7 Å². The topological polar surface area (TPSA) is 96.4 Å². The van der Waals surface area contributed by atoms with Gasteiger partial charge in [0.2, 0.25) is 0 Å². The number of nitrogens with zero attached hydrogens (tertiary/aromatic N) is 1. The van der Waals surface area contributed by atoms with E-state index in [-0.39, 0.29) is 23.1 Å². The molecular formula is C12H16N2O4S. The molecule has 0 aliphatic carbocycles. The summed E-state index contributed by atoms with van der Waals surface area (Å²) in [5, 5.41) is 12.1. The lowest BCUT2D eigenvalue weighted by atomic mass is 10.1. The lowest BCUT2D eigenvalue weighted by Crippen LogP contribution is -2.33. The van der Waals surface area contributed by atoms with Crippen LogP contribution in [0, 0.1) is 6.92 Å². The van der Waals surface area contributed by atoms with E-state index in [2.05, 4.69) is 10.3 Å². The molecule has 2 heterocycles. The van der Waals surface area contributed by atoms with Crippen molar-refractivity contribution in [2.24, 2.45) is 0 Å². The molecule has 1 aliphatic heterocycles. The Labute approximate surface area is 111 Å². The van der Waals surface area contributed by atoms with Crippen molar-refractivity contribution in [1.82, 2.24) is 4.98 Å². The molecule has 1 aromatic rings. The number of aromatic carboxylic acids is 1. The van der Waals surface area contributed by atoms with Gasteiger partial charge in [0.25, 0.3) is 0 Å². The lowest BCUT2D eigenvalue weighted by molar-refractivity contribution is 0.0697. The van der Waals surface area contributed by atoms with Crippen molar-refractivity contribution in [3.05, 3.63) is 23.4 Å². The summed E-state index contributed by atoms with van der Waals surface area (Å²) in [5.74, 6) is -0.451. The molecule has 19 heavy (non-hydrogen) atoms. The normalized spacial score (nSPS) is 19.0. The van der Waals surface area contributed by atoms with Gasteiger partial charge in [0, 0.05) is 11.7 Å². The molecule has 0 bridgehead atoms. The third-order valence-corrected chi connectivity index (χ3v) is 4.88. The number of hydrogen-bond donors (Lipinski definition) is 2. The zero-order valence-corrected chi connectivity index (χ0v) is 11.4. The molecule has 0 radical (unpaired) electrons. The molecule has 0 atom stereocenters. The summed E-state index contributed by atoms with van der Waals surface area (Å²) >= 11 is 0. The van der Waals surface area contributed by atoms with E-state index in [0.717, 1.165) is 5.69 Å². The Morgan fingerprint density at radius 1 is 1.37 bits per heavy atom. The summed E-state index contributed by atoms with van der Waals surface area (Å²) in [5.41, 5.74) is 0.829. The summed E-state index contributed by atoms with van der Waals surface area (Å²) in [6, 6.07) is 3.10. The first-order chi connectivity index (χ1) is 8.87. The van der Waals surface area contributed by atoms with E-state index < -0.39 is 15.8 Å². The summed E-state index contributed by atoms with van der Waals surface area (Å²) in [4.78, 5) is 15.3. The van der Waals surface area contributed by atoms with Gasteiger partial charge >= 0.3 is 5.97 Å². The Morgan fingerprint density at radius 2 is 2.00 bits per heavy atom. The third-order valence-electron chi connectivity index (χ3n) is 3.16. The van der Waals surface area contributed by atoms with E-state index in [4.69, 9.17) is 5.11 Å². The fourth-order valence-electron chi connectivity index (χ4n) is 2.07. The van der Waals surface area contributed by atoms with E-state index in [1.165, 1.54) is 6.07 Å². The maximum atomic E-state index is 11.3. The van der Waals surface area contributed by atoms with Crippen LogP contribution in [0.5, 0.6) is 0 Å². The van der Waals surface area contributed by atoms with E-state index in [1.807, 2.05) is 0 Å². The summed E-state index contributed by atoms with van der Waals surface area (Å²) in [6.07, 6.45) is 0.966. The van der Waals surface area contributed by atoms with Gasteiger partial charge in [0.1, 0.15) is 21.2 Å². The zero-order valence-electron chi connectivity index (χ0n) is 10.6. The number of anilines is 1. The molecule has 0 unspecified atom stereocenters. The minimum atomic E-state index is -2.92. The molecule has 1 saturated heterocycles. The second kappa shape index (κ2) is 5.16. The molecule has 0 amide bonds. The Hall–Kier alpha value is -1.63. The van der Waals surface area contributed by atoms with Crippen LogP contribution in [0.1, 0.15) is 28.9 Å². The summed E-state index contributed by atoms with van der Waals surface area (Å²) in [6.45, 7) is 1.78. The number of pyridine rings is 1. The van der Waals surface area contributed by atoms with Crippen LogP contribution >= 0.6 is 0 Å². The fraction of sp³-hybridized carbons (Fsp3) is 0.500. The van der Waals surface area contributed by atoms with Gasteiger partial charge in [-0.15, -0.1) is 0 Å². The number of rotatable bonds is 3. The molecule has 104 valence electrons. The largest absolute Gasteiger partial charge is 0.478 e. The number of aromatic nitrogens is 1. The van der Waals surface area contributed by atoms with Gasteiger partial charge in [-0.1, -0.05) is 0 Å². The molecule has 0 aromatic carbocycles. The molecule has 6 nitrogen and oxygen atoms in total.